The zero-order valence-corrected chi connectivity index (χ0v) is 14.0. The number of amides is 1. The molecule has 0 radical (unpaired) electrons. The van der Waals surface area contributed by atoms with Gasteiger partial charge in [0, 0.05) is 35.9 Å². The van der Waals surface area contributed by atoms with Gasteiger partial charge in [-0.1, -0.05) is 18.2 Å². The first kappa shape index (κ1) is 15.9. The quantitative estimate of drug-likeness (QED) is 0.612. The van der Waals surface area contributed by atoms with E-state index in [0.29, 0.717) is 11.2 Å². The maximum Gasteiger partial charge on any atom is 0.276 e. The number of rotatable bonds is 4. The molecular weight excluding hydrogens is 324 g/mol. The fourth-order valence-electron chi connectivity index (χ4n) is 2.80. The first-order valence-electron chi connectivity index (χ1n) is 8.28. The summed E-state index contributed by atoms with van der Waals surface area (Å²) in [7, 11) is 0. The van der Waals surface area contributed by atoms with E-state index in [9.17, 15) is 4.79 Å². The first-order chi connectivity index (χ1) is 12.8. The lowest BCUT2D eigenvalue weighted by atomic mass is 10.1. The molecule has 4 aromatic rings. The van der Waals surface area contributed by atoms with E-state index in [1.54, 1.807) is 24.8 Å². The van der Waals surface area contributed by atoms with Crippen molar-refractivity contribution in [2.24, 2.45) is 0 Å². The van der Waals surface area contributed by atoms with Crippen LogP contribution in [0, 0.1) is 0 Å². The van der Waals surface area contributed by atoms with E-state index in [2.05, 4.69) is 20.3 Å². The van der Waals surface area contributed by atoms with Crippen molar-refractivity contribution in [1.82, 2.24) is 15.0 Å². The number of pyridine rings is 3. The Kier molecular flexibility index (Phi) is 4.35. The van der Waals surface area contributed by atoms with Gasteiger partial charge in [-0.2, -0.15) is 0 Å². The molecule has 5 heteroatoms. The number of nitrogens with one attached hydrogen (secondary N) is 1. The molecule has 0 spiro atoms. The Morgan fingerprint density at radius 3 is 2.38 bits per heavy atom. The van der Waals surface area contributed by atoms with Gasteiger partial charge in [0.15, 0.2) is 5.69 Å². The standard InChI is InChI=1S/C21H16N4O/c26-21(20-19-17(9-13-24-20)2-1-10-23-19)25-18-5-3-15(4-6-18)14-16-7-11-22-12-8-16/h1-13H,14H2,(H,25,26). The molecule has 26 heavy (non-hydrogen) atoms. The highest BCUT2D eigenvalue weighted by molar-refractivity contribution is 6.10. The molecule has 0 fully saturated rings. The second-order valence-corrected chi connectivity index (χ2v) is 5.92. The molecule has 0 aliphatic rings. The van der Waals surface area contributed by atoms with Crippen LogP contribution in [0.15, 0.2) is 79.4 Å². The van der Waals surface area contributed by atoms with Crippen LogP contribution < -0.4 is 5.32 Å². The van der Waals surface area contributed by atoms with Crippen molar-refractivity contribution < 1.29 is 4.79 Å². The van der Waals surface area contributed by atoms with E-state index in [1.807, 2.05) is 54.6 Å². The van der Waals surface area contributed by atoms with E-state index in [1.165, 1.54) is 11.1 Å². The van der Waals surface area contributed by atoms with Crippen LogP contribution in [-0.2, 0) is 6.42 Å². The molecule has 0 saturated carbocycles. The number of fused-ring (bicyclic) bond motifs is 1. The summed E-state index contributed by atoms with van der Waals surface area (Å²) in [5, 5.41) is 3.78. The number of anilines is 1. The van der Waals surface area contributed by atoms with Gasteiger partial charge in [0.2, 0.25) is 0 Å². The zero-order valence-electron chi connectivity index (χ0n) is 14.0. The molecule has 1 aromatic carbocycles. The lowest BCUT2D eigenvalue weighted by molar-refractivity contribution is 0.102. The van der Waals surface area contributed by atoms with Crippen LogP contribution in [0.1, 0.15) is 21.6 Å². The van der Waals surface area contributed by atoms with Gasteiger partial charge in [-0.25, -0.2) is 4.98 Å². The van der Waals surface area contributed by atoms with E-state index in [-0.39, 0.29) is 5.91 Å². The fourth-order valence-corrected chi connectivity index (χ4v) is 2.80. The van der Waals surface area contributed by atoms with Crippen LogP contribution in [-0.4, -0.2) is 20.9 Å². The molecule has 126 valence electrons. The molecule has 0 aliphatic heterocycles. The van der Waals surface area contributed by atoms with Crippen molar-refractivity contribution in [3.63, 3.8) is 0 Å². The molecule has 3 aromatic heterocycles. The molecular formula is C21H16N4O. The number of aromatic nitrogens is 3. The van der Waals surface area contributed by atoms with Gasteiger partial charge in [0.1, 0.15) is 5.52 Å². The smallest absolute Gasteiger partial charge is 0.276 e. The molecule has 0 unspecified atom stereocenters. The van der Waals surface area contributed by atoms with Crippen molar-refractivity contribution in [3.8, 4) is 0 Å². The number of benzene rings is 1. The molecule has 0 aliphatic carbocycles. The molecule has 3 heterocycles. The summed E-state index contributed by atoms with van der Waals surface area (Å²) in [6.07, 6.45) is 7.68. The zero-order chi connectivity index (χ0) is 17.8. The summed E-state index contributed by atoms with van der Waals surface area (Å²) in [6.45, 7) is 0. The minimum absolute atomic E-state index is 0.267. The second kappa shape index (κ2) is 7.11. The van der Waals surface area contributed by atoms with E-state index in [0.717, 1.165) is 17.5 Å². The number of hydrogen-bond donors (Lipinski definition) is 1. The predicted molar refractivity (Wildman–Crippen MR) is 101 cm³/mol. The van der Waals surface area contributed by atoms with Crippen LogP contribution in [0.2, 0.25) is 0 Å². The van der Waals surface area contributed by atoms with Crippen LogP contribution >= 0.6 is 0 Å². The summed E-state index contributed by atoms with van der Waals surface area (Å²) in [5.41, 5.74) is 4.01. The molecule has 0 atom stereocenters. The van der Waals surface area contributed by atoms with Crippen LogP contribution in [0.4, 0.5) is 5.69 Å². The van der Waals surface area contributed by atoms with Crippen molar-refractivity contribution >= 4 is 22.5 Å². The number of carbonyl (C=O) groups excluding carboxylic acids is 1. The first-order valence-corrected chi connectivity index (χ1v) is 8.28. The van der Waals surface area contributed by atoms with E-state index in [4.69, 9.17) is 0 Å². The minimum Gasteiger partial charge on any atom is -0.321 e. The Morgan fingerprint density at radius 2 is 1.58 bits per heavy atom. The maximum atomic E-state index is 12.6. The summed E-state index contributed by atoms with van der Waals surface area (Å²) in [4.78, 5) is 25.1. The Bertz CT molecular complexity index is 1040. The van der Waals surface area contributed by atoms with Gasteiger partial charge in [-0.05, 0) is 53.9 Å². The highest BCUT2D eigenvalue weighted by Crippen LogP contribution is 2.17. The van der Waals surface area contributed by atoms with E-state index < -0.39 is 0 Å². The monoisotopic (exact) mass is 340 g/mol. The third-order valence-corrected chi connectivity index (χ3v) is 4.11. The fraction of sp³-hybridized carbons (Fsp3) is 0.0476. The topological polar surface area (TPSA) is 67.8 Å². The maximum absolute atomic E-state index is 12.6. The van der Waals surface area contributed by atoms with Crippen molar-refractivity contribution in [2.75, 3.05) is 5.32 Å². The summed E-state index contributed by atoms with van der Waals surface area (Å²) in [6, 6.07) is 17.4. The Hall–Kier alpha value is -3.60. The molecule has 0 saturated heterocycles. The molecule has 4 rings (SSSR count). The molecule has 1 N–H and O–H groups in total. The average molecular weight is 340 g/mol. The minimum atomic E-state index is -0.267. The van der Waals surface area contributed by atoms with Gasteiger partial charge in [-0.3, -0.25) is 14.8 Å². The largest absolute Gasteiger partial charge is 0.321 e. The Balaban J connectivity index is 1.51. The normalized spacial score (nSPS) is 10.6. The lowest BCUT2D eigenvalue weighted by Gasteiger charge is -2.08. The molecule has 0 bridgehead atoms. The molecule has 1 amide bonds. The number of carbonyl (C=O) groups is 1. The van der Waals surface area contributed by atoms with Crippen LogP contribution in [0.5, 0.6) is 0 Å². The van der Waals surface area contributed by atoms with Gasteiger partial charge >= 0.3 is 0 Å². The van der Waals surface area contributed by atoms with Gasteiger partial charge in [-0.15, -0.1) is 0 Å². The third-order valence-electron chi connectivity index (χ3n) is 4.11. The third kappa shape index (κ3) is 3.42. The lowest BCUT2D eigenvalue weighted by Crippen LogP contribution is -2.14. The van der Waals surface area contributed by atoms with Crippen molar-refractivity contribution in [2.45, 2.75) is 6.42 Å². The summed E-state index contributed by atoms with van der Waals surface area (Å²) in [5.74, 6) is -0.267. The van der Waals surface area contributed by atoms with Crippen LogP contribution in [0.25, 0.3) is 10.9 Å². The number of hydrogen-bond acceptors (Lipinski definition) is 4. The molecule has 5 nitrogen and oxygen atoms in total. The highest BCUT2D eigenvalue weighted by atomic mass is 16.1. The van der Waals surface area contributed by atoms with Crippen molar-refractivity contribution in [3.05, 3.63) is 96.2 Å². The van der Waals surface area contributed by atoms with Crippen LogP contribution in [0.3, 0.4) is 0 Å². The second-order valence-electron chi connectivity index (χ2n) is 5.92. The van der Waals surface area contributed by atoms with Gasteiger partial charge < -0.3 is 5.32 Å². The van der Waals surface area contributed by atoms with Gasteiger partial charge in [0.25, 0.3) is 5.91 Å². The average Bonchev–Trinajstić information content (AvgIpc) is 2.70. The summed E-state index contributed by atoms with van der Waals surface area (Å²) >= 11 is 0. The van der Waals surface area contributed by atoms with Crippen molar-refractivity contribution in [1.29, 1.82) is 0 Å². The van der Waals surface area contributed by atoms with E-state index >= 15 is 0 Å². The Labute approximate surface area is 150 Å². The predicted octanol–water partition coefficient (Wildman–Crippen LogP) is 3.87. The highest BCUT2D eigenvalue weighted by Gasteiger charge is 2.12. The van der Waals surface area contributed by atoms with Gasteiger partial charge in [0.05, 0.1) is 0 Å². The summed E-state index contributed by atoms with van der Waals surface area (Å²) < 4.78 is 0. The Morgan fingerprint density at radius 1 is 0.808 bits per heavy atom. The number of nitrogens with zero attached hydrogens (tertiary/aromatic N) is 3. The SMILES string of the molecule is O=C(Nc1ccc(Cc2ccncc2)cc1)c1nccc2cccnc12.